The van der Waals surface area contributed by atoms with E-state index in [1.54, 1.807) is 0 Å². The minimum absolute atomic E-state index is 0.0288. The Bertz CT molecular complexity index is 710. The van der Waals surface area contributed by atoms with E-state index in [9.17, 15) is 4.79 Å². The highest BCUT2D eigenvalue weighted by Crippen LogP contribution is 2.34. The number of nitrogens with zero attached hydrogens (tertiary/aromatic N) is 1. The Kier molecular flexibility index (Phi) is 5.04. The zero-order chi connectivity index (χ0) is 16.9. The highest BCUT2D eigenvalue weighted by atomic mass is 16.5. The van der Waals surface area contributed by atoms with Crippen LogP contribution in [0.1, 0.15) is 31.4 Å². The van der Waals surface area contributed by atoms with Crippen molar-refractivity contribution in [3.05, 3.63) is 53.6 Å². The third-order valence-corrected chi connectivity index (χ3v) is 4.28. The molecule has 2 aromatic rings. The van der Waals surface area contributed by atoms with Crippen LogP contribution in [0.25, 0.3) is 0 Å². The number of carbonyl (C=O) groups is 1. The second-order valence-electron chi connectivity index (χ2n) is 6.04. The number of nitrogens with one attached hydrogen (secondary N) is 1. The Morgan fingerprint density at radius 3 is 2.54 bits per heavy atom. The lowest BCUT2D eigenvalue weighted by Crippen LogP contribution is -2.39. The van der Waals surface area contributed by atoms with Crippen LogP contribution in [0.15, 0.2) is 42.5 Å². The summed E-state index contributed by atoms with van der Waals surface area (Å²) in [5, 5.41) is 3.42. The van der Waals surface area contributed by atoms with Crippen LogP contribution in [-0.4, -0.2) is 19.1 Å². The van der Waals surface area contributed by atoms with E-state index in [1.165, 1.54) is 11.1 Å². The fraction of sp³-hybridized carbons (Fsp3) is 0.350. The lowest BCUT2D eigenvalue weighted by molar-refractivity contribution is -0.121. The maximum atomic E-state index is 12.0. The van der Waals surface area contributed by atoms with Gasteiger partial charge in [-0.05, 0) is 36.1 Å². The van der Waals surface area contributed by atoms with Gasteiger partial charge < -0.3 is 15.0 Å². The van der Waals surface area contributed by atoms with Crippen LogP contribution in [-0.2, 0) is 17.8 Å². The molecule has 0 unspecified atom stereocenters. The minimum atomic E-state index is 0.0288. The predicted octanol–water partition coefficient (Wildman–Crippen LogP) is 4.00. The molecule has 0 aromatic heterocycles. The van der Waals surface area contributed by atoms with Gasteiger partial charge in [0, 0.05) is 24.8 Å². The number of rotatable bonds is 6. The SMILES string of the molecule is CCCN1C(=O)COc2cc(NCc3ccc(CC)cc3)ccc21. The van der Waals surface area contributed by atoms with Gasteiger partial charge in [-0.25, -0.2) is 0 Å². The molecule has 0 saturated carbocycles. The van der Waals surface area contributed by atoms with E-state index in [1.807, 2.05) is 23.1 Å². The average Bonchev–Trinajstić information content (AvgIpc) is 2.63. The molecule has 0 spiro atoms. The molecule has 1 aliphatic rings. The topological polar surface area (TPSA) is 41.6 Å². The number of hydrogen-bond donors (Lipinski definition) is 1. The van der Waals surface area contributed by atoms with E-state index in [-0.39, 0.29) is 12.5 Å². The number of anilines is 2. The number of benzene rings is 2. The zero-order valence-electron chi connectivity index (χ0n) is 14.3. The van der Waals surface area contributed by atoms with Gasteiger partial charge in [-0.3, -0.25) is 4.79 Å². The molecule has 1 N–H and O–H groups in total. The average molecular weight is 324 g/mol. The molecule has 0 atom stereocenters. The summed E-state index contributed by atoms with van der Waals surface area (Å²) >= 11 is 0. The Morgan fingerprint density at radius 2 is 1.83 bits per heavy atom. The van der Waals surface area contributed by atoms with E-state index in [0.29, 0.717) is 0 Å². The van der Waals surface area contributed by atoms with E-state index in [2.05, 4.69) is 43.4 Å². The van der Waals surface area contributed by atoms with E-state index < -0.39 is 0 Å². The van der Waals surface area contributed by atoms with Crippen LogP contribution in [0.3, 0.4) is 0 Å². The van der Waals surface area contributed by atoms with Crippen molar-refractivity contribution >= 4 is 17.3 Å². The normalized spacial score (nSPS) is 13.4. The van der Waals surface area contributed by atoms with Crippen LogP contribution < -0.4 is 15.0 Å². The quantitative estimate of drug-likeness (QED) is 0.873. The van der Waals surface area contributed by atoms with Gasteiger partial charge in [-0.2, -0.15) is 0 Å². The van der Waals surface area contributed by atoms with E-state index in [4.69, 9.17) is 4.74 Å². The summed E-state index contributed by atoms with van der Waals surface area (Å²) in [6.07, 6.45) is 1.99. The van der Waals surface area contributed by atoms with Gasteiger partial charge in [0.25, 0.3) is 5.91 Å². The number of amides is 1. The van der Waals surface area contributed by atoms with Crippen molar-refractivity contribution < 1.29 is 9.53 Å². The molecule has 2 aromatic carbocycles. The second kappa shape index (κ2) is 7.39. The Hall–Kier alpha value is -2.49. The van der Waals surface area contributed by atoms with Gasteiger partial charge in [0.15, 0.2) is 6.61 Å². The van der Waals surface area contributed by atoms with E-state index in [0.717, 1.165) is 43.1 Å². The molecule has 1 heterocycles. The lowest BCUT2D eigenvalue weighted by atomic mass is 10.1. The summed E-state index contributed by atoms with van der Waals surface area (Å²) < 4.78 is 5.60. The molecule has 0 radical (unpaired) electrons. The highest BCUT2D eigenvalue weighted by molar-refractivity contribution is 5.98. The summed E-state index contributed by atoms with van der Waals surface area (Å²) in [5.74, 6) is 0.801. The zero-order valence-corrected chi connectivity index (χ0v) is 14.3. The van der Waals surface area contributed by atoms with Gasteiger partial charge in [-0.1, -0.05) is 38.1 Å². The highest BCUT2D eigenvalue weighted by Gasteiger charge is 2.24. The maximum Gasteiger partial charge on any atom is 0.265 e. The molecule has 126 valence electrons. The predicted molar refractivity (Wildman–Crippen MR) is 97.7 cm³/mol. The first-order valence-corrected chi connectivity index (χ1v) is 8.60. The molecule has 0 fully saturated rings. The Balaban J connectivity index is 1.70. The van der Waals surface area contributed by atoms with Crippen LogP contribution in [0.5, 0.6) is 5.75 Å². The van der Waals surface area contributed by atoms with Crippen molar-refractivity contribution in [1.29, 1.82) is 0 Å². The summed E-state index contributed by atoms with van der Waals surface area (Å²) in [4.78, 5) is 13.8. The van der Waals surface area contributed by atoms with Crippen molar-refractivity contribution in [1.82, 2.24) is 0 Å². The molecular formula is C20H24N2O2. The monoisotopic (exact) mass is 324 g/mol. The molecule has 0 aliphatic carbocycles. The number of carbonyl (C=O) groups excluding carboxylic acids is 1. The standard InChI is InChI=1S/C20H24N2O2/c1-3-11-22-18-10-9-17(12-19(18)24-14-20(22)23)21-13-16-7-5-15(4-2)6-8-16/h5-10,12,21H,3-4,11,13-14H2,1-2H3. The Labute approximate surface area is 143 Å². The molecule has 1 aliphatic heterocycles. The van der Waals surface area contributed by atoms with Crippen LogP contribution in [0.2, 0.25) is 0 Å². The number of aryl methyl sites for hydroxylation is 1. The van der Waals surface area contributed by atoms with Gasteiger partial charge in [0.05, 0.1) is 5.69 Å². The van der Waals surface area contributed by atoms with Gasteiger partial charge in [0.1, 0.15) is 5.75 Å². The van der Waals surface area contributed by atoms with Gasteiger partial charge >= 0.3 is 0 Å². The number of ether oxygens (including phenoxy) is 1. The van der Waals surface area contributed by atoms with Gasteiger partial charge in [0.2, 0.25) is 0 Å². The van der Waals surface area contributed by atoms with Gasteiger partial charge in [-0.15, -0.1) is 0 Å². The summed E-state index contributed by atoms with van der Waals surface area (Å²) in [6, 6.07) is 14.6. The van der Waals surface area contributed by atoms with Crippen LogP contribution >= 0.6 is 0 Å². The lowest BCUT2D eigenvalue weighted by Gasteiger charge is -2.29. The minimum Gasteiger partial charge on any atom is -0.481 e. The molecule has 0 bridgehead atoms. The second-order valence-corrected chi connectivity index (χ2v) is 6.04. The van der Waals surface area contributed by atoms with Crippen LogP contribution in [0, 0.1) is 0 Å². The van der Waals surface area contributed by atoms with Crippen molar-refractivity contribution in [3.8, 4) is 5.75 Å². The fourth-order valence-electron chi connectivity index (χ4n) is 2.88. The summed E-state index contributed by atoms with van der Waals surface area (Å²) in [5.41, 5.74) is 4.46. The summed E-state index contributed by atoms with van der Waals surface area (Å²) in [6.45, 7) is 5.84. The van der Waals surface area contributed by atoms with Crippen molar-refractivity contribution in [2.24, 2.45) is 0 Å². The Morgan fingerprint density at radius 1 is 1.08 bits per heavy atom. The third-order valence-electron chi connectivity index (χ3n) is 4.28. The van der Waals surface area contributed by atoms with E-state index >= 15 is 0 Å². The fourth-order valence-corrected chi connectivity index (χ4v) is 2.88. The number of hydrogen-bond acceptors (Lipinski definition) is 3. The first-order chi connectivity index (χ1) is 11.7. The molecule has 4 heteroatoms. The largest absolute Gasteiger partial charge is 0.481 e. The van der Waals surface area contributed by atoms with Crippen molar-refractivity contribution in [2.75, 3.05) is 23.4 Å². The molecule has 3 rings (SSSR count). The van der Waals surface area contributed by atoms with Crippen molar-refractivity contribution in [3.63, 3.8) is 0 Å². The summed E-state index contributed by atoms with van der Waals surface area (Å²) in [7, 11) is 0. The first-order valence-electron chi connectivity index (χ1n) is 8.60. The third kappa shape index (κ3) is 3.53. The molecule has 4 nitrogen and oxygen atoms in total. The smallest absolute Gasteiger partial charge is 0.265 e. The molecule has 0 saturated heterocycles. The molecule has 24 heavy (non-hydrogen) atoms. The molecule has 1 amide bonds. The van der Waals surface area contributed by atoms with Crippen molar-refractivity contribution in [2.45, 2.75) is 33.2 Å². The molecular weight excluding hydrogens is 300 g/mol. The maximum absolute atomic E-state index is 12.0. The van der Waals surface area contributed by atoms with Crippen LogP contribution in [0.4, 0.5) is 11.4 Å². The number of fused-ring (bicyclic) bond motifs is 1. The first kappa shape index (κ1) is 16.4.